The highest BCUT2D eigenvalue weighted by molar-refractivity contribution is 5.96. The van der Waals surface area contributed by atoms with Gasteiger partial charge in [0.05, 0.1) is 23.4 Å². The van der Waals surface area contributed by atoms with Crippen molar-refractivity contribution in [3.05, 3.63) is 84.2 Å². The minimum absolute atomic E-state index is 0.428. The lowest BCUT2D eigenvalue weighted by Crippen LogP contribution is -2.33. The van der Waals surface area contributed by atoms with E-state index in [0.717, 1.165) is 45.3 Å². The number of anilines is 1. The van der Waals surface area contributed by atoms with Crippen molar-refractivity contribution in [2.45, 2.75) is 18.6 Å². The first-order chi connectivity index (χ1) is 16.2. The lowest BCUT2D eigenvalue weighted by molar-refractivity contribution is -0.108. The van der Waals surface area contributed by atoms with Gasteiger partial charge in [-0.3, -0.25) is 15.0 Å². The minimum atomic E-state index is -0.660. The molecule has 6 rings (SSSR count). The molecule has 5 aromatic rings. The van der Waals surface area contributed by atoms with Crippen LogP contribution in [0.2, 0.25) is 0 Å². The van der Waals surface area contributed by atoms with Gasteiger partial charge in [-0.2, -0.15) is 10.2 Å². The Labute approximate surface area is 188 Å². The van der Waals surface area contributed by atoms with Crippen LogP contribution in [-0.4, -0.2) is 43.0 Å². The molecule has 2 heterocycles. The zero-order valence-electron chi connectivity index (χ0n) is 17.5. The van der Waals surface area contributed by atoms with E-state index in [4.69, 9.17) is 0 Å². The molecule has 0 saturated heterocycles. The predicted molar refractivity (Wildman–Crippen MR) is 124 cm³/mol. The molecule has 3 aromatic carbocycles. The highest BCUT2D eigenvalue weighted by atomic mass is 16.3. The Balaban J connectivity index is 1.42. The summed E-state index contributed by atoms with van der Waals surface area (Å²) in [6.45, 7) is 0. The fraction of sp³-hybridized carbons (Fsp3) is 0.120. The van der Waals surface area contributed by atoms with E-state index in [1.165, 1.54) is 6.33 Å². The van der Waals surface area contributed by atoms with Crippen molar-refractivity contribution in [2.24, 2.45) is 0 Å². The summed E-state index contributed by atoms with van der Waals surface area (Å²) in [5.41, 5.74) is 6.17. The molecule has 8 heteroatoms. The number of nitrogens with one attached hydrogen (secondary N) is 2. The zero-order chi connectivity index (χ0) is 22.4. The second-order valence-corrected chi connectivity index (χ2v) is 8.14. The number of aromatic nitrogens is 5. The van der Waals surface area contributed by atoms with Gasteiger partial charge in [-0.25, -0.2) is 4.98 Å². The predicted octanol–water partition coefficient (Wildman–Crippen LogP) is 3.64. The second kappa shape index (κ2) is 7.68. The largest absolute Gasteiger partial charge is 0.390 e. The molecule has 0 unspecified atom stereocenters. The van der Waals surface area contributed by atoms with Gasteiger partial charge in [-0.05, 0) is 41.5 Å². The quantitative estimate of drug-likeness (QED) is 0.364. The maximum absolute atomic E-state index is 12.2. The average Bonchev–Trinajstić information content (AvgIpc) is 3.59. The van der Waals surface area contributed by atoms with Gasteiger partial charge in [0.2, 0.25) is 6.41 Å². The first kappa shape index (κ1) is 19.4. The van der Waals surface area contributed by atoms with Gasteiger partial charge in [0, 0.05) is 28.6 Å². The van der Waals surface area contributed by atoms with Crippen molar-refractivity contribution in [3.63, 3.8) is 0 Å². The second-order valence-electron chi connectivity index (χ2n) is 8.14. The van der Waals surface area contributed by atoms with Gasteiger partial charge in [-0.1, -0.05) is 36.4 Å². The first-order valence-corrected chi connectivity index (χ1v) is 10.7. The standard InChI is InChI=1S/C25H20N6O2/c32-14-31(24-19-7-2-1-4-15(19)12-22(24)33)18-6-3-5-16(10-18)23-20-11-17(25-26-13-27-30-25)8-9-21(20)28-29-23/h1-11,13-14,22,24,33H,12H2,(H,28,29)(H,26,27,30)/t22-,24+/m1/s1. The summed E-state index contributed by atoms with van der Waals surface area (Å²) in [6, 6.07) is 21.0. The average molecular weight is 436 g/mol. The van der Waals surface area contributed by atoms with Gasteiger partial charge >= 0.3 is 0 Å². The van der Waals surface area contributed by atoms with Crippen LogP contribution >= 0.6 is 0 Å². The molecule has 0 fully saturated rings. The number of nitrogens with zero attached hydrogens (tertiary/aromatic N) is 4. The molecule has 0 spiro atoms. The van der Waals surface area contributed by atoms with Crippen LogP contribution in [0.1, 0.15) is 17.2 Å². The van der Waals surface area contributed by atoms with E-state index in [1.54, 1.807) is 4.90 Å². The van der Waals surface area contributed by atoms with Crippen LogP contribution in [-0.2, 0) is 11.2 Å². The third-order valence-corrected chi connectivity index (χ3v) is 6.25. The number of H-pyrrole nitrogens is 2. The summed E-state index contributed by atoms with van der Waals surface area (Å²) < 4.78 is 0. The lowest BCUT2D eigenvalue weighted by Gasteiger charge is -2.28. The summed E-state index contributed by atoms with van der Waals surface area (Å²) in [4.78, 5) is 18.0. The van der Waals surface area contributed by atoms with Crippen LogP contribution in [0.5, 0.6) is 0 Å². The zero-order valence-corrected chi connectivity index (χ0v) is 17.5. The molecular formula is C25H20N6O2. The van der Waals surface area contributed by atoms with Gasteiger partial charge in [0.25, 0.3) is 0 Å². The molecule has 0 radical (unpaired) electrons. The summed E-state index contributed by atoms with van der Waals surface area (Å²) in [7, 11) is 0. The number of amides is 1. The van der Waals surface area contributed by atoms with E-state index < -0.39 is 12.1 Å². The third kappa shape index (κ3) is 3.19. The maximum atomic E-state index is 12.2. The number of carbonyl (C=O) groups excluding carboxylic acids is 1. The van der Waals surface area contributed by atoms with Crippen molar-refractivity contribution in [1.29, 1.82) is 0 Å². The fourth-order valence-electron chi connectivity index (χ4n) is 4.71. The Kier molecular flexibility index (Phi) is 4.51. The Hall–Kier alpha value is -4.30. The molecule has 1 aliphatic rings. The van der Waals surface area contributed by atoms with Crippen LogP contribution in [0.4, 0.5) is 5.69 Å². The van der Waals surface area contributed by atoms with E-state index in [9.17, 15) is 9.90 Å². The number of fused-ring (bicyclic) bond motifs is 2. The fourth-order valence-corrected chi connectivity index (χ4v) is 4.71. The van der Waals surface area contributed by atoms with E-state index in [2.05, 4.69) is 25.4 Å². The molecule has 162 valence electrons. The summed E-state index contributed by atoms with van der Waals surface area (Å²) in [5.74, 6) is 0.679. The van der Waals surface area contributed by atoms with Crippen LogP contribution in [0.3, 0.4) is 0 Å². The van der Waals surface area contributed by atoms with Gasteiger partial charge in [0.1, 0.15) is 6.33 Å². The molecule has 2 atom stereocenters. The monoisotopic (exact) mass is 436 g/mol. The van der Waals surface area contributed by atoms with E-state index >= 15 is 0 Å². The molecule has 1 amide bonds. The van der Waals surface area contributed by atoms with E-state index in [-0.39, 0.29) is 0 Å². The molecule has 8 nitrogen and oxygen atoms in total. The Morgan fingerprint density at radius 1 is 1.00 bits per heavy atom. The normalized spacial score (nSPS) is 17.2. The van der Waals surface area contributed by atoms with Crippen LogP contribution in [0.25, 0.3) is 33.5 Å². The Morgan fingerprint density at radius 3 is 2.76 bits per heavy atom. The van der Waals surface area contributed by atoms with Crippen LogP contribution in [0, 0.1) is 0 Å². The van der Waals surface area contributed by atoms with Crippen molar-refractivity contribution in [1.82, 2.24) is 25.4 Å². The molecule has 0 bridgehead atoms. The van der Waals surface area contributed by atoms with Crippen LogP contribution in [0.15, 0.2) is 73.1 Å². The van der Waals surface area contributed by atoms with Gasteiger partial charge in [-0.15, -0.1) is 0 Å². The number of hydrogen-bond acceptors (Lipinski definition) is 5. The Morgan fingerprint density at radius 2 is 1.91 bits per heavy atom. The molecule has 1 aliphatic carbocycles. The van der Waals surface area contributed by atoms with E-state index in [0.29, 0.717) is 17.9 Å². The summed E-state index contributed by atoms with van der Waals surface area (Å²) >= 11 is 0. The molecule has 33 heavy (non-hydrogen) atoms. The number of aliphatic hydroxyl groups excluding tert-OH is 1. The number of rotatable bonds is 5. The molecule has 3 N–H and O–H groups in total. The smallest absolute Gasteiger partial charge is 0.214 e. The first-order valence-electron chi connectivity index (χ1n) is 10.7. The number of aromatic amines is 2. The van der Waals surface area contributed by atoms with E-state index in [1.807, 2.05) is 66.7 Å². The van der Waals surface area contributed by atoms with Gasteiger partial charge in [0.15, 0.2) is 5.82 Å². The topological polar surface area (TPSA) is 111 Å². The molecule has 2 aromatic heterocycles. The SMILES string of the molecule is O=CN(c1cccc(-c2n[nH]c3ccc(-c4ncn[nH]4)cc23)c1)[C@H]1c2ccccc2C[C@H]1O. The van der Waals surface area contributed by atoms with Gasteiger partial charge < -0.3 is 10.0 Å². The van der Waals surface area contributed by atoms with Crippen LogP contribution < -0.4 is 4.90 Å². The molecular weight excluding hydrogens is 416 g/mol. The highest BCUT2D eigenvalue weighted by Gasteiger charge is 2.35. The van der Waals surface area contributed by atoms with Crippen molar-refractivity contribution in [2.75, 3.05) is 4.90 Å². The number of aliphatic hydroxyl groups is 1. The summed E-state index contributed by atoms with van der Waals surface area (Å²) in [5, 5.41) is 26.1. The maximum Gasteiger partial charge on any atom is 0.214 e. The van der Waals surface area contributed by atoms with Crippen molar-refractivity contribution >= 4 is 23.0 Å². The molecule has 0 aliphatic heterocycles. The summed E-state index contributed by atoms with van der Waals surface area (Å²) in [6.07, 6.45) is 2.13. The number of benzene rings is 3. The number of hydrogen-bond donors (Lipinski definition) is 3. The van der Waals surface area contributed by atoms with Crippen molar-refractivity contribution < 1.29 is 9.90 Å². The highest BCUT2D eigenvalue weighted by Crippen LogP contribution is 2.39. The molecule has 0 saturated carbocycles. The van der Waals surface area contributed by atoms with Crippen molar-refractivity contribution in [3.8, 4) is 22.6 Å². The lowest BCUT2D eigenvalue weighted by atomic mass is 10.0. The third-order valence-electron chi connectivity index (χ3n) is 6.25. The Bertz CT molecular complexity index is 1460. The number of carbonyl (C=O) groups is 1. The minimum Gasteiger partial charge on any atom is -0.390 e.